The fourth-order valence-electron chi connectivity index (χ4n) is 2.61. The number of hydrogen-bond donors (Lipinski definition) is 1. The monoisotopic (exact) mass is 270 g/mol. The molecular weight excluding hydrogens is 248 g/mol. The third-order valence-electron chi connectivity index (χ3n) is 3.78. The zero-order chi connectivity index (χ0) is 12.1. The third-order valence-corrected chi connectivity index (χ3v) is 5.63. The molecule has 2 rings (SSSR count). The smallest absolute Gasteiger partial charge is 0.0351 e. The molecule has 0 aromatic carbocycles. The van der Waals surface area contributed by atoms with Crippen molar-refractivity contribution < 1.29 is 0 Å². The van der Waals surface area contributed by atoms with Crippen molar-refractivity contribution in [3.8, 4) is 0 Å². The minimum absolute atomic E-state index is 0.254. The summed E-state index contributed by atoms with van der Waals surface area (Å²) in [5, 5.41) is 2.16. The Bertz CT molecular complexity index is 318. The standard InChI is InChI=1S/C13H22N2S2/c1-2-15(10-12-4-3-7-17-12)13(11-14)5-8-16-9-6-13/h3-4,7H,2,5-6,8-11,14H2,1H3. The van der Waals surface area contributed by atoms with Gasteiger partial charge in [-0.15, -0.1) is 11.3 Å². The highest BCUT2D eigenvalue weighted by atomic mass is 32.2. The lowest BCUT2D eigenvalue weighted by molar-refractivity contribution is 0.0836. The number of nitrogens with two attached hydrogens (primary N) is 1. The van der Waals surface area contributed by atoms with Crippen molar-refractivity contribution in [1.29, 1.82) is 0 Å². The van der Waals surface area contributed by atoms with Crippen molar-refractivity contribution >= 4 is 23.1 Å². The number of thioether (sulfide) groups is 1. The fraction of sp³-hybridized carbons (Fsp3) is 0.692. The van der Waals surface area contributed by atoms with Crippen LogP contribution in [0.5, 0.6) is 0 Å². The molecule has 1 aliphatic rings. The minimum atomic E-state index is 0.254. The summed E-state index contributed by atoms with van der Waals surface area (Å²) in [6.07, 6.45) is 2.49. The van der Waals surface area contributed by atoms with Gasteiger partial charge in [-0.05, 0) is 42.3 Å². The zero-order valence-electron chi connectivity index (χ0n) is 10.5. The highest BCUT2D eigenvalue weighted by Crippen LogP contribution is 2.33. The van der Waals surface area contributed by atoms with Crippen molar-refractivity contribution in [3.63, 3.8) is 0 Å². The average Bonchev–Trinajstić information content (AvgIpc) is 2.89. The Kier molecular flexibility index (Phi) is 4.91. The van der Waals surface area contributed by atoms with Crippen LogP contribution in [0.15, 0.2) is 17.5 Å². The van der Waals surface area contributed by atoms with E-state index >= 15 is 0 Å². The van der Waals surface area contributed by atoms with Crippen LogP contribution in [0, 0.1) is 0 Å². The number of nitrogens with zero attached hydrogens (tertiary/aromatic N) is 1. The summed E-state index contributed by atoms with van der Waals surface area (Å²) in [5.41, 5.74) is 6.35. The minimum Gasteiger partial charge on any atom is -0.329 e. The first-order chi connectivity index (χ1) is 8.30. The molecule has 2 N–H and O–H groups in total. The topological polar surface area (TPSA) is 29.3 Å². The van der Waals surface area contributed by atoms with E-state index in [0.717, 1.165) is 19.6 Å². The second-order valence-electron chi connectivity index (χ2n) is 4.63. The normalized spacial score (nSPS) is 19.7. The van der Waals surface area contributed by atoms with E-state index in [0.29, 0.717) is 0 Å². The zero-order valence-corrected chi connectivity index (χ0v) is 12.2. The molecule has 0 unspecified atom stereocenters. The maximum Gasteiger partial charge on any atom is 0.0351 e. The average molecular weight is 270 g/mol. The van der Waals surface area contributed by atoms with E-state index in [1.165, 1.54) is 29.2 Å². The molecule has 4 heteroatoms. The summed E-state index contributed by atoms with van der Waals surface area (Å²) in [7, 11) is 0. The maximum absolute atomic E-state index is 6.10. The largest absolute Gasteiger partial charge is 0.329 e. The Morgan fingerprint density at radius 2 is 2.18 bits per heavy atom. The molecular formula is C13H22N2S2. The molecule has 2 heterocycles. The Hall–Kier alpha value is -0.0300. The molecule has 0 bridgehead atoms. The van der Waals surface area contributed by atoms with Gasteiger partial charge in [-0.2, -0.15) is 11.8 Å². The predicted octanol–water partition coefficient (Wildman–Crippen LogP) is 2.79. The summed E-state index contributed by atoms with van der Waals surface area (Å²) in [5.74, 6) is 2.52. The van der Waals surface area contributed by atoms with Crippen LogP contribution in [0.3, 0.4) is 0 Å². The van der Waals surface area contributed by atoms with Crippen molar-refractivity contribution in [2.75, 3.05) is 24.6 Å². The van der Waals surface area contributed by atoms with Gasteiger partial charge in [0.25, 0.3) is 0 Å². The third kappa shape index (κ3) is 3.05. The summed E-state index contributed by atoms with van der Waals surface area (Å²) in [6.45, 7) is 5.22. The molecule has 0 amide bonds. The van der Waals surface area contributed by atoms with Crippen molar-refractivity contribution in [1.82, 2.24) is 4.90 Å². The quantitative estimate of drug-likeness (QED) is 0.892. The Morgan fingerprint density at radius 1 is 1.41 bits per heavy atom. The van der Waals surface area contributed by atoms with Gasteiger partial charge in [-0.3, -0.25) is 4.90 Å². The molecule has 2 nitrogen and oxygen atoms in total. The first-order valence-electron chi connectivity index (χ1n) is 6.36. The SMILES string of the molecule is CCN(Cc1cccs1)C1(CN)CCSCC1. The molecule has 0 atom stereocenters. The summed E-state index contributed by atoms with van der Waals surface area (Å²) < 4.78 is 0. The molecule has 96 valence electrons. The van der Waals surface area contributed by atoms with E-state index in [4.69, 9.17) is 5.73 Å². The van der Waals surface area contributed by atoms with E-state index in [1.807, 2.05) is 11.3 Å². The molecule has 1 fully saturated rings. The number of likely N-dealkylation sites (N-methyl/N-ethyl adjacent to an activating group) is 1. The van der Waals surface area contributed by atoms with Crippen molar-refractivity contribution in [3.05, 3.63) is 22.4 Å². The van der Waals surface area contributed by atoms with Crippen LogP contribution >= 0.6 is 23.1 Å². The molecule has 1 saturated heterocycles. The van der Waals surface area contributed by atoms with Gasteiger partial charge >= 0.3 is 0 Å². The molecule has 0 aliphatic carbocycles. The number of rotatable bonds is 5. The van der Waals surface area contributed by atoms with Crippen LogP contribution in [0.2, 0.25) is 0 Å². The van der Waals surface area contributed by atoms with Gasteiger partial charge in [-0.25, -0.2) is 0 Å². The summed E-state index contributed by atoms with van der Waals surface area (Å²) in [6, 6.07) is 4.37. The van der Waals surface area contributed by atoms with E-state index in [2.05, 4.69) is 41.1 Å². The molecule has 1 aromatic heterocycles. The van der Waals surface area contributed by atoms with E-state index in [9.17, 15) is 0 Å². The first-order valence-corrected chi connectivity index (χ1v) is 8.39. The van der Waals surface area contributed by atoms with Gasteiger partial charge in [0.15, 0.2) is 0 Å². The second-order valence-corrected chi connectivity index (χ2v) is 6.89. The van der Waals surface area contributed by atoms with Gasteiger partial charge in [0.2, 0.25) is 0 Å². The van der Waals surface area contributed by atoms with Crippen molar-refractivity contribution in [2.24, 2.45) is 5.73 Å². The van der Waals surface area contributed by atoms with Crippen LogP contribution in [-0.2, 0) is 6.54 Å². The Labute approximate surface area is 113 Å². The predicted molar refractivity (Wildman–Crippen MR) is 78.7 cm³/mol. The van der Waals surface area contributed by atoms with Gasteiger partial charge in [0, 0.05) is 23.5 Å². The molecule has 1 aromatic rings. The van der Waals surface area contributed by atoms with Gasteiger partial charge in [0.1, 0.15) is 0 Å². The lowest BCUT2D eigenvalue weighted by Gasteiger charge is -2.45. The first kappa shape index (κ1) is 13.4. The van der Waals surface area contributed by atoms with Gasteiger partial charge in [0.05, 0.1) is 0 Å². The number of thiophene rings is 1. The lowest BCUT2D eigenvalue weighted by atomic mass is 9.90. The van der Waals surface area contributed by atoms with Crippen LogP contribution in [0.4, 0.5) is 0 Å². The van der Waals surface area contributed by atoms with E-state index in [1.54, 1.807) is 0 Å². The molecule has 0 saturated carbocycles. The molecule has 0 radical (unpaired) electrons. The van der Waals surface area contributed by atoms with E-state index in [-0.39, 0.29) is 5.54 Å². The highest BCUT2D eigenvalue weighted by Gasteiger charge is 2.36. The van der Waals surface area contributed by atoms with Gasteiger partial charge in [-0.1, -0.05) is 13.0 Å². The van der Waals surface area contributed by atoms with Gasteiger partial charge < -0.3 is 5.73 Å². The van der Waals surface area contributed by atoms with Crippen LogP contribution in [0.1, 0.15) is 24.6 Å². The van der Waals surface area contributed by atoms with E-state index < -0.39 is 0 Å². The summed E-state index contributed by atoms with van der Waals surface area (Å²) in [4.78, 5) is 4.05. The lowest BCUT2D eigenvalue weighted by Crippen LogP contribution is -2.55. The molecule has 17 heavy (non-hydrogen) atoms. The van der Waals surface area contributed by atoms with Crippen molar-refractivity contribution in [2.45, 2.75) is 31.8 Å². The second kappa shape index (κ2) is 6.23. The van der Waals surface area contributed by atoms with Crippen LogP contribution in [-0.4, -0.2) is 35.0 Å². The highest BCUT2D eigenvalue weighted by molar-refractivity contribution is 7.99. The Balaban J connectivity index is 2.09. The fourth-order valence-corrected chi connectivity index (χ4v) is 4.58. The maximum atomic E-state index is 6.10. The Morgan fingerprint density at radius 3 is 2.71 bits per heavy atom. The molecule has 0 spiro atoms. The van der Waals surface area contributed by atoms with Crippen LogP contribution < -0.4 is 5.73 Å². The van der Waals surface area contributed by atoms with Crippen LogP contribution in [0.25, 0.3) is 0 Å². The summed E-state index contributed by atoms with van der Waals surface area (Å²) >= 11 is 3.92. The molecule has 1 aliphatic heterocycles. The number of hydrogen-bond acceptors (Lipinski definition) is 4.